The van der Waals surface area contributed by atoms with Gasteiger partial charge in [0, 0.05) is 26.2 Å². The topological polar surface area (TPSA) is 70.9 Å². The third-order valence-electron chi connectivity index (χ3n) is 2.60. The van der Waals surface area contributed by atoms with Gasteiger partial charge in [0.2, 0.25) is 0 Å². The first kappa shape index (κ1) is 11.5. The number of hydrogen-bond donors (Lipinski definition) is 0. The largest absolute Gasteiger partial charge is 0.492 e. The summed E-state index contributed by atoms with van der Waals surface area (Å²) in [6.07, 6.45) is 0.778. The van der Waals surface area contributed by atoms with Gasteiger partial charge in [-0.3, -0.25) is 0 Å². The standard InChI is InChI=1S/C11H7BrN4OS/c12-6-1-2-7-8(5-6)17-4-3-9-10(7)14-11(18-9)15-16-13/h1-2,5H,3-4H2. The summed E-state index contributed by atoms with van der Waals surface area (Å²) in [5.41, 5.74) is 10.3. The van der Waals surface area contributed by atoms with Gasteiger partial charge in [-0.15, -0.1) is 11.3 Å². The van der Waals surface area contributed by atoms with E-state index < -0.39 is 0 Å². The molecule has 2 heterocycles. The summed E-state index contributed by atoms with van der Waals surface area (Å²) < 4.78 is 6.67. The Hall–Kier alpha value is -1.56. The summed E-state index contributed by atoms with van der Waals surface area (Å²) in [6, 6.07) is 5.84. The van der Waals surface area contributed by atoms with Gasteiger partial charge in [-0.25, -0.2) is 4.98 Å². The average molecular weight is 323 g/mol. The molecule has 1 aromatic carbocycles. The molecule has 0 N–H and O–H groups in total. The zero-order valence-electron chi connectivity index (χ0n) is 9.13. The van der Waals surface area contributed by atoms with Gasteiger partial charge in [0.25, 0.3) is 0 Å². The highest BCUT2D eigenvalue weighted by Crippen LogP contribution is 2.40. The van der Waals surface area contributed by atoms with Crippen LogP contribution < -0.4 is 4.74 Å². The molecule has 1 aliphatic heterocycles. The van der Waals surface area contributed by atoms with Crippen LogP contribution in [0.15, 0.2) is 27.8 Å². The van der Waals surface area contributed by atoms with Gasteiger partial charge in [-0.1, -0.05) is 15.9 Å². The zero-order chi connectivity index (χ0) is 12.5. The SMILES string of the molecule is [N-]=[N+]=Nc1nc2c(s1)CCOc1cc(Br)ccc1-2. The minimum absolute atomic E-state index is 0.457. The van der Waals surface area contributed by atoms with Crippen LogP contribution in [-0.4, -0.2) is 11.6 Å². The molecule has 1 aliphatic rings. The molecule has 0 fully saturated rings. The first-order valence-corrected chi connectivity index (χ1v) is 6.86. The number of aromatic nitrogens is 1. The highest BCUT2D eigenvalue weighted by molar-refractivity contribution is 9.10. The number of hydrogen-bond acceptors (Lipinski definition) is 4. The van der Waals surface area contributed by atoms with Crippen molar-refractivity contribution in [3.8, 4) is 17.0 Å². The number of nitrogens with zero attached hydrogens (tertiary/aromatic N) is 4. The van der Waals surface area contributed by atoms with Crippen LogP contribution in [-0.2, 0) is 6.42 Å². The van der Waals surface area contributed by atoms with Gasteiger partial charge in [0.05, 0.1) is 12.3 Å². The van der Waals surface area contributed by atoms with Crippen LogP contribution in [0, 0.1) is 0 Å². The summed E-state index contributed by atoms with van der Waals surface area (Å²) in [7, 11) is 0. The van der Waals surface area contributed by atoms with Crippen LogP contribution in [0.25, 0.3) is 21.7 Å². The number of azide groups is 1. The quantitative estimate of drug-likeness (QED) is 0.442. The van der Waals surface area contributed by atoms with Crippen LogP contribution in [0.1, 0.15) is 4.88 Å². The fourth-order valence-corrected chi connectivity index (χ4v) is 3.08. The van der Waals surface area contributed by atoms with Crippen LogP contribution in [0.2, 0.25) is 0 Å². The molecule has 7 heteroatoms. The van der Waals surface area contributed by atoms with E-state index in [1.165, 1.54) is 11.3 Å². The van der Waals surface area contributed by atoms with E-state index in [0.29, 0.717) is 11.7 Å². The normalized spacial score (nSPS) is 12.7. The molecule has 90 valence electrons. The Balaban J connectivity index is 2.20. The second kappa shape index (κ2) is 4.61. The molecule has 0 unspecified atom stereocenters. The lowest BCUT2D eigenvalue weighted by Crippen LogP contribution is -1.97. The van der Waals surface area contributed by atoms with Crippen molar-refractivity contribution >= 4 is 32.4 Å². The van der Waals surface area contributed by atoms with Crippen molar-refractivity contribution in [2.24, 2.45) is 5.11 Å². The second-order valence-electron chi connectivity index (χ2n) is 3.70. The average Bonchev–Trinajstić information content (AvgIpc) is 2.66. The lowest BCUT2D eigenvalue weighted by Gasteiger charge is -2.06. The molecule has 0 amide bonds. The van der Waals surface area contributed by atoms with E-state index in [0.717, 1.165) is 32.8 Å². The third-order valence-corrected chi connectivity index (χ3v) is 4.09. The molecule has 0 atom stereocenters. The lowest BCUT2D eigenvalue weighted by molar-refractivity contribution is 0.327. The Bertz CT molecular complexity index is 663. The molecular weight excluding hydrogens is 316 g/mol. The molecular formula is C11H7BrN4OS. The maximum absolute atomic E-state index is 8.46. The summed E-state index contributed by atoms with van der Waals surface area (Å²) in [4.78, 5) is 8.25. The first-order chi connectivity index (χ1) is 8.78. The monoisotopic (exact) mass is 322 g/mol. The molecule has 0 saturated carbocycles. The van der Waals surface area contributed by atoms with E-state index in [-0.39, 0.29) is 0 Å². The van der Waals surface area contributed by atoms with Crippen molar-refractivity contribution in [2.45, 2.75) is 6.42 Å². The maximum atomic E-state index is 8.46. The van der Waals surface area contributed by atoms with E-state index in [1.807, 2.05) is 18.2 Å². The highest BCUT2D eigenvalue weighted by Gasteiger charge is 2.19. The van der Waals surface area contributed by atoms with Crippen LogP contribution >= 0.6 is 27.3 Å². The molecule has 0 saturated heterocycles. The summed E-state index contributed by atoms with van der Waals surface area (Å²) >= 11 is 4.84. The van der Waals surface area contributed by atoms with Gasteiger partial charge in [-0.05, 0) is 28.8 Å². The van der Waals surface area contributed by atoms with Gasteiger partial charge >= 0.3 is 0 Å². The molecule has 2 aromatic rings. The Morgan fingerprint density at radius 2 is 2.39 bits per heavy atom. The zero-order valence-corrected chi connectivity index (χ0v) is 11.5. The van der Waals surface area contributed by atoms with Crippen LogP contribution in [0.5, 0.6) is 5.75 Å². The number of fused-ring (bicyclic) bond motifs is 3. The molecule has 3 rings (SSSR count). The number of ether oxygens (including phenoxy) is 1. The molecule has 0 radical (unpaired) electrons. The Morgan fingerprint density at radius 1 is 1.50 bits per heavy atom. The van der Waals surface area contributed by atoms with E-state index in [9.17, 15) is 0 Å². The van der Waals surface area contributed by atoms with Gasteiger partial charge < -0.3 is 4.74 Å². The highest BCUT2D eigenvalue weighted by atomic mass is 79.9. The summed E-state index contributed by atoms with van der Waals surface area (Å²) in [5.74, 6) is 0.806. The predicted molar refractivity (Wildman–Crippen MR) is 73.3 cm³/mol. The van der Waals surface area contributed by atoms with Crippen molar-refractivity contribution in [3.63, 3.8) is 0 Å². The number of halogens is 1. The first-order valence-electron chi connectivity index (χ1n) is 5.25. The van der Waals surface area contributed by atoms with E-state index in [2.05, 4.69) is 30.9 Å². The predicted octanol–water partition coefficient (Wildman–Crippen LogP) is 4.45. The van der Waals surface area contributed by atoms with Crippen molar-refractivity contribution in [1.29, 1.82) is 0 Å². The summed E-state index contributed by atoms with van der Waals surface area (Å²) in [5, 5.41) is 4.03. The van der Waals surface area contributed by atoms with Gasteiger partial charge in [-0.2, -0.15) is 0 Å². The smallest absolute Gasteiger partial charge is 0.180 e. The molecule has 0 bridgehead atoms. The fraction of sp³-hybridized carbons (Fsp3) is 0.182. The van der Waals surface area contributed by atoms with E-state index in [1.54, 1.807) is 0 Å². The van der Waals surface area contributed by atoms with Crippen LogP contribution in [0.3, 0.4) is 0 Å². The third kappa shape index (κ3) is 1.96. The van der Waals surface area contributed by atoms with Crippen molar-refractivity contribution < 1.29 is 4.74 Å². The number of rotatable bonds is 1. The van der Waals surface area contributed by atoms with Crippen molar-refractivity contribution in [1.82, 2.24) is 4.98 Å². The minimum Gasteiger partial charge on any atom is -0.492 e. The molecule has 18 heavy (non-hydrogen) atoms. The molecule has 0 spiro atoms. The van der Waals surface area contributed by atoms with Crippen LogP contribution in [0.4, 0.5) is 5.13 Å². The Kier molecular flexibility index (Phi) is 2.95. The lowest BCUT2D eigenvalue weighted by atomic mass is 10.1. The Morgan fingerprint density at radius 3 is 3.22 bits per heavy atom. The number of thiazole rings is 1. The molecule has 0 aliphatic carbocycles. The second-order valence-corrected chi connectivity index (χ2v) is 5.67. The molecule has 1 aromatic heterocycles. The van der Waals surface area contributed by atoms with E-state index >= 15 is 0 Å². The minimum atomic E-state index is 0.457. The Labute approximate surface area is 115 Å². The van der Waals surface area contributed by atoms with Crippen molar-refractivity contribution in [2.75, 3.05) is 6.61 Å². The fourth-order valence-electron chi connectivity index (χ4n) is 1.87. The number of benzene rings is 1. The maximum Gasteiger partial charge on any atom is 0.180 e. The van der Waals surface area contributed by atoms with Gasteiger partial charge in [0.1, 0.15) is 5.75 Å². The molecule has 5 nitrogen and oxygen atoms in total. The van der Waals surface area contributed by atoms with Crippen molar-refractivity contribution in [3.05, 3.63) is 38.0 Å². The summed E-state index contributed by atoms with van der Waals surface area (Å²) in [6.45, 7) is 0.606. The van der Waals surface area contributed by atoms with Gasteiger partial charge in [0.15, 0.2) is 5.13 Å². The van der Waals surface area contributed by atoms with E-state index in [4.69, 9.17) is 10.3 Å².